The van der Waals surface area contributed by atoms with Crippen LogP contribution in [0.15, 0.2) is 30.3 Å². The summed E-state index contributed by atoms with van der Waals surface area (Å²) in [5, 5.41) is 1.18. The number of fused-ring (bicyclic) bond motifs is 1. The van der Waals surface area contributed by atoms with Crippen molar-refractivity contribution >= 4 is 16.7 Å². The molecule has 2 heteroatoms. The maximum absolute atomic E-state index is 11.5. The first-order chi connectivity index (χ1) is 7.27. The molecule has 1 aromatic heterocycles. The lowest BCUT2D eigenvalue weighted by atomic mass is 10.2. The third kappa shape index (κ3) is 1.29. The maximum atomic E-state index is 11.5. The summed E-state index contributed by atoms with van der Waals surface area (Å²) in [6.07, 6.45) is 2.41. The van der Waals surface area contributed by atoms with E-state index in [4.69, 9.17) is 0 Å². The van der Waals surface area contributed by atoms with Gasteiger partial charge in [0.2, 0.25) is 0 Å². The Hall–Kier alpha value is -1.57. The second kappa shape index (κ2) is 2.96. The van der Waals surface area contributed by atoms with Gasteiger partial charge in [-0.25, -0.2) is 0 Å². The molecule has 76 valence electrons. The molecule has 0 N–H and O–H groups in total. The highest BCUT2D eigenvalue weighted by Crippen LogP contribution is 2.39. The third-order valence-electron chi connectivity index (χ3n) is 3.02. The minimum atomic E-state index is 0.165. The van der Waals surface area contributed by atoms with Crippen molar-refractivity contribution in [3.63, 3.8) is 0 Å². The van der Waals surface area contributed by atoms with E-state index >= 15 is 0 Å². The molecule has 15 heavy (non-hydrogen) atoms. The summed E-state index contributed by atoms with van der Waals surface area (Å²) in [5.41, 5.74) is 2.06. The number of carbonyl (C=O) groups is 1. The van der Waals surface area contributed by atoms with Crippen molar-refractivity contribution in [1.82, 2.24) is 4.57 Å². The average Bonchev–Trinajstić information content (AvgIpc) is 2.98. The Balaban J connectivity index is 2.33. The topological polar surface area (TPSA) is 22.0 Å². The molecule has 1 aliphatic rings. The van der Waals surface area contributed by atoms with Crippen molar-refractivity contribution in [3.8, 4) is 0 Å². The normalized spacial score (nSPS) is 15.8. The van der Waals surface area contributed by atoms with Crippen molar-refractivity contribution in [3.05, 3.63) is 36.0 Å². The molecule has 3 rings (SSSR count). The Morgan fingerprint density at radius 2 is 2.07 bits per heavy atom. The highest BCUT2D eigenvalue weighted by molar-refractivity contribution is 5.98. The minimum Gasteiger partial charge on any atom is -0.335 e. The average molecular weight is 199 g/mol. The van der Waals surface area contributed by atoms with Crippen molar-refractivity contribution in [2.45, 2.75) is 25.8 Å². The van der Waals surface area contributed by atoms with E-state index in [9.17, 15) is 4.79 Å². The number of rotatable bonds is 2. The lowest BCUT2D eigenvalue weighted by Gasteiger charge is -2.06. The summed E-state index contributed by atoms with van der Waals surface area (Å²) in [7, 11) is 0. The van der Waals surface area contributed by atoms with Gasteiger partial charge < -0.3 is 4.57 Å². The second-order valence-electron chi connectivity index (χ2n) is 4.25. The number of para-hydroxylation sites is 1. The van der Waals surface area contributed by atoms with Gasteiger partial charge in [-0.1, -0.05) is 18.2 Å². The van der Waals surface area contributed by atoms with E-state index < -0.39 is 0 Å². The second-order valence-corrected chi connectivity index (χ2v) is 4.25. The predicted octanol–water partition coefficient (Wildman–Crippen LogP) is 3.18. The van der Waals surface area contributed by atoms with Gasteiger partial charge in [0.1, 0.15) is 0 Å². The van der Waals surface area contributed by atoms with Crippen LogP contribution in [-0.2, 0) is 0 Å². The molecule has 1 aliphatic carbocycles. The van der Waals surface area contributed by atoms with E-state index in [-0.39, 0.29) is 5.78 Å². The smallest absolute Gasteiger partial charge is 0.176 e. The Morgan fingerprint density at radius 3 is 2.73 bits per heavy atom. The fourth-order valence-electron chi connectivity index (χ4n) is 2.17. The molecule has 2 aromatic rings. The molecule has 1 fully saturated rings. The van der Waals surface area contributed by atoms with Gasteiger partial charge in [0.25, 0.3) is 0 Å². The van der Waals surface area contributed by atoms with Gasteiger partial charge in [-0.3, -0.25) is 4.79 Å². The number of Topliss-reactive ketones (excluding diaryl/α,β-unsaturated/α-hetero) is 1. The van der Waals surface area contributed by atoms with Crippen LogP contribution in [0.1, 0.15) is 36.3 Å². The van der Waals surface area contributed by atoms with E-state index in [1.807, 2.05) is 18.2 Å². The molecule has 0 atom stereocenters. The van der Waals surface area contributed by atoms with Gasteiger partial charge in [0.05, 0.1) is 5.69 Å². The van der Waals surface area contributed by atoms with Crippen LogP contribution in [0.25, 0.3) is 10.9 Å². The predicted molar refractivity (Wildman–Crippen MR) is 60.2 cm³/mol. The number of aromatic nitrogens is 1. The number of hydrogen-bond acceptors (Lipinski definition) is 1. The maximum Gasteiger partial charge on any atom is 0.176 e. The zero-order chi connectivity index (χ0) is 10.4. The van der Waals surface area contributed by atoms with Gasteiger partial charge >= 0.3 is 0 Å². The van der Waals surface area contributed by atoms with Crippen LogP contribution in [-0.4, -0.2) is 10.4 Å². The molecule has 0 aliphatic heterocycles. The molecule has 1 saturated carbocycles. The summed E-state index contributed by atoms with van der Waals surface area (Å²) in [4.78, 5) is 11.5. The monoisotopic (exact) mass is 199 g/mol. The molecule has 1 heterocycles. The number of carbonyl (C=O) groups excluding carboxylic acids is 1. The standard InChI is InChI=1S/C13H13NO/c1-9(15)13-8-10-4-2-3-5-12(10)14(13)11-6-7-11/h2-5,8,11H,6-7H2,1H3. The fourth-order valence-corrected chi connectivity index (χ4v) is 2.17. The van der Waals surface area contributed by atoms with Crippen LogP contribution >= 0.6 is 0 Å². The number of ketones is 1. The first-order valence-electron chi connectivity index (χ1n) is 5.38. The Morgan fingerprint density at radius 1 is 1.33 bits per heavy atom. The van der Waals surface area contributed by atoms with Gasteiger partial charge in [0, 0.05) is 23.9 Å². The van der Waals surface area contributed by atoms with E-state index in [0.29, 0.717) is 6.04 Å². The fraction of sp³-hybridized carbons (Fsp3) is 0.308. The van der Waals surface area contributed by atoms with Crippen LogP contribution in [0.5, 0.6) is 0 Å². The van der Waals surface area contributed by atoms with Crippen LogP contribution in [0.2, 0.25) is 0 Å². The minimum absolute atomic E-state index is 0.165. The Kier molecular flexibility index (Phi) is 1.72. The molecular formula is C13H13NO. The van der Waals surface area contributed by atoms with Gasteiger partial charge in [0.15, 0.2) is 5.78 Å². The van der Waals surface area contributed by atoms with Crippen molar-refractivity contribution in [2.24, 2.45) is 0 Å². The highest BCUT2D eigenvalue weighted by Gasteiger charge is 2.28. The molecule has 0 bridgehead atoms. The van der Waals surface area contributed by atoms with Gasteiger partial charge in [-0.05, 0) is 25.0 Å². The molecular weight excluding hydrogens is 186 g/mol. The first kappa shape index (κ1) is 8.72. The Bertz CT molecular complexity index is 534. The molecule has 0 spiro atoms. The number of nitrogens with zero attached hydrogens (tertiary/aromatic N) is 1. The van der Waals surface area contributed by atoms with E-state index in [2.05, 4.69) is 16.7 Å². The zero-order valence-electron chi connectivity index (χ0n) is 8.73. The summed E-state index contributed by atoms with van der Waals surface area (Å²) in [6, 6.07) is 10.8. The van der Waals surface area contributed by atoms with Gasteiger partial charge in [-0.15, -0.1) is 0 Å². The van der Waals surface area contributed by atoms with E-state index in [0.717, 1.165) is 5.69 Å². The summed E-state index contributed by atoms with van der Waals surface area (Å²) >= 11 is 0. The van der Waals surface area contributed by atoms with E-state index in [1.165, 1.54) is 23.7 Å². The lowest BCUT2D eigenvalue weighted by molar-refractivity contribution is 0.100. The van der Waals surface area contributed by atoms with Crippen LogP contribution < -0.4 is 0 Å². The summed E-state index contributed by atoms with van der Waals surface area (Å²) < 4.78 is 2.21. The zero-order valence-corrected chi connectivity index (χ0v) is 8.73. The summed E-state index contributed by atoms with van der Waals surface area (Å²) in [6.45, 7) is 1.65. The lowest BCUT2D eigenvalue weighted by Crippen LogP contribution is -2.04. The quantitative estimate of drug-likeness (QED) is 0.681. The highest BCUT2D eigenvalue weighted by atomic mass is 16.1. The van der Waals surface area contributed by atoms with Crippen molar-refractivity contribution in [1.29, 1.82) is 0 Å². The third-order valence-corrected chi connectivity index (χ3v) is 3.02. The summed E-state index contributed by atoms with van der Waals surface area (Å²) in [5.74, 6) is 0.165. The molecule has 0 radical (unpaired) electrons. The molecule has 0 saturated heterocycles. The van der Waals surface area contributed by atoms with Crippen molar-refractivity contribution < 1.29 is 4.79 Å². The first-order valence-corrected chi connectivity index (χ1v) is 5.38. The van der Waals surface area contributed by atoms with Gasteiger partial charge in [-0.2, -0.15) is 0 Å². The molecule has 0 unspecified atom stereocenters. The Labute approximate surface area is 88.5 Å². The number of hydrogen-bond donors (Lipinski definition) is 0. The van der Waals surface area contributed by atoms with Crippen LogP contribution in [0.4, 0.5) is 0 Å². The molecule has 2 nitrogen and oxygen atoms in total. The molecule has 0 amide bonds. The molecule has 1 aromatic carbocycles. The van der Waals surface area contributed by atoms with E-state index in [1.54, 1.807) is 6.92 Å². The van der Waals surface area contributed by atoms with Crippen LogP contribution in [0, 0.1) is 0 Å². The van der Waals surface area contributed by atoms with Crippen LogP contribution in [0.3, 0.4) is 0 Å². The number of benzene rings is 1. The SMILES string of the molecule is CC(=O)c1cc2ccccc2n1C1CC1. The van der Waals surface area contributed by atoms with Crippen molar-refractivity contribution in [2.75, 3.05) is 0 Å². The largest absolute Gasteiger partial charge is 0.335 e.